The molecule has 36 valence electrons. The molecule has 0 aliphatic rings. The standard InChI is InChI=1S/C4H9NO/c5-3-1-2-4-6/h2,4,6H,1,3,5H2/b4-2+. The van der Waals surface area contributed by atoms with Gasteiger partial charge in [-0.15, -0.1) is 0 Å². The van der Waals surface area contributed by atoms with Crippen LogP contribution in [0, 0.1) is 0 Å². The van der Waals surface area contributed by atoms with Crippen LogP contribution in [-0.2, 0) is 0 Å². The molecule has 0 atom stereocenters. The van der Waals surface area contributed by atoms with E-state index in [2.05, 4.69) is 0 Å². The van der Waals surface area contributed by atoms with Gasteiger partial charge in [0.2, 0.25) is 0 Å². The van der Waals surface area contributed by atoms with Crippen LogP contribution in [0.25, 0.3) is 0 Å². The van der Waals surface area contributed by atoms with Crippen LogP contribution < -0.4 is 5.73 Å². The van der Waals surface area contributed by atoms with Crippen molar-refractivity contribution in [1.29, 1.82) is 0 Å². The van der Waals surface area contributed by atoms with E-state index < -0.39 is 0 Å². The van der Waals surface area contributed by atoms with Crippen LogP contribution in [0.1, 0.15) is 6.42 Å². The van der Waals surface area contributed by atoms with Crippen molar-refractivity contribution in [2.45, 2.75) is 6.42 Å². The highest BCUT2D eigenvalue weighted by molar-refractivity contribution is 4.70. The summed E-state index contributed by atoms with van der Waals surface area (Å²) in [5, 5.41) is 7.96. The Morgan fingerprint density at radius 3 is 2.50 bits per heavy atom. The molecule has 0 fully saturated rings. The third kappa shape index (κ3) is 3.50. The van der Waals surface area contributed by atoms with Crippen molar-refractivity contribution in [3.63, 3.8) is 0 Å². The molecule has 0 bridgehead atoms. The summed E-state index contributed by atoms with van der Waals surface area (Å²) in [6, 6.07) is 0. The Hall–Kier alpha value is -0.500. The van der Waals surface area contributed by atoms with Crippen LogP contribution in [0.4, 0.5) is 0 Å². The van der Waals surface area contributed by atoms with E-state index in [-0.39, 0.29) is 0 Å². The Labute approximate surface area is 37.3 Å². The molecule has 0 aromatic heterocycles. The fraction of sp³-hybridized carbons (Fsp3) is 0.500. The molecule has 0 aromatic carbocycles. The van der Waals surface area contributed by atoms with E-state index in [1.54, 1.807) is 6.08 Å². The highest BCUT2D eigenvalue weighted by Gasteiger charge is 1.65. The molecule has 0 aliphatic heterocycles. The topological polar surface area (TPSA) is 46.2 Å². The molecule has 2 heteroatoms. The minimum Gasteiger partial charge on any atom is -0.516 e. The van der Waals surface area contributed by atoms with Crippen LogP contribution in [-0.4, -0.2) is 11.7 Å². The van der Waals surface area contributed by atoms with E-state index in [1.807, 2.05) is 0 Å². The van der Waals surface area contributed by atoms with Gasteiger partial charge in [-0.1, -0.05) is 0 Å². The number of hydrogen-bond donors (Lipinski definition) is 2. The molecule has 0 saturated carbocycles. The predicted molar refractivity (Wildman–Crippen MR) is 25.4 cm³/mol. The lowest BCUT2D eigenvalue weighted by atomic mass is 10.4. The monoisotopic (exact) mass is 87.1 g/mol. The summed E-state index contributed by atoms with van der Waals surface area (Å²) in [6.07, 6.45) is 3.38. The Morgan fingerprint density at radius 1 is 1.67 bits per heavy atom. The van der Waals surface area contributed by atoms with Gasteiger partial charge in [-0.05, 0) is 19.0 Å². The van der Waals surface area contributed by atoms with Gasteiger partial charge in [0, 0.05) is 0 Å². The van der Waals surface area contributed by atoms with Gasteiger partial charge in [0.25, 0.3) is 0 Å². The smallest absolute Gasteiger partial charge is 0.0752 e. The lowest BCUT2D eigenvalue weighted by Gasteiger charge is -1.77. The van der Waals surface area contributed by atoms with Crippen molar-refractivity contribution in [2.24, 2.45) is 5.73 Å². The minimum absolute atomic E-state index is 0.608. The van der Waals surface area contributed by atoms with Gasteiger partial charge in [0.1, 0.15) is 0 Å². The van der Waals surface area contributed by atoms with Gasteiger partial charge >= 0.3 is 0 Å². The van der Waals surface area contributed by atoms with E-state index >= 15 is 0 Å². The second kappa shape index (κ2) is 4.50. The summed E-state index contributed by atoms with van der Waals surface area (Å²) < 4.78 is 0. The molecule has 0 radical (unpaired) electrons. The van der Waals surface area contributed by atoms with Gasteiger partial charge in [0.05, 0.1) is 6.26 Å². The lowest BCUT2D eigenvalue weighted by molar-refractivity contribution is 0.471. The maximum atomic E-state index is 7.96. The predicted octanol–water partition coefficient (Wildman–Crippen LogP) is 0.407. The molecule has 0 rings (SSSR count). The number of rotatable bonds is 2. The van der Waals surface area contributed by atoms with E-state index in [0.29, 0.717) is 6.54 Å². The first-order valence-electron chi connectivity index (χ1n) is 1.91. The highest BCUT2D eigenvalue weighted by Crippen LogP contribution is 1.71. The molecule has 0 spiro atoms. The Kier molecular flexibility index (Phi) is 4.12. The molecule has 2 nitrogen and oxygen atoms in total. The van der Waals surface area contributed by atoms with Gasteiger partial charge in [-0.25, -0.2) is 0 Å². The van der Waals surface area contributed by atoms with Gasteiger partial charge in [-0.3, -0.25) is 0 Å². The molecule has 0 aliphatic carbocycles. The highest BCUT2D eigenvalue weighted by atomic mass is 16.2. The Bertz CT molecular complexity index is 42.8. The Balaban J connectivity index is 2.66. The SMILES string of the molecule is NCC/C=C/O. The largest absolute Gasteiger partial charge is 0.516 e. The van der Waals surface area contributed by atoms with Gasteiger partial charge < -0.3 is 10.8 Å². The summed E-state index contributed by atoms with van der Waals surface area (Å²) in [5.41, 5.74) is 5.05. The van der Waals surface area contributed by atoms with Crippen LogP contribution in [0.3, 0.4) is 0 Å². The van der Waals surface area contributed by atoms with Crippen LogP contribution in [0.2, 0.25) is 0 Å². The molecule has 0 aromatic rings. The molecule has 0 unspecified atom stereocenters. The van der Waals surface area contributed by atoms with E-state index in [0.717, 1.165) is 12.7 Å². The maximum Gasteiger partial charge on any atom is 0.0752 e. The van der Waals surface area contributed by atoms with Crippen molar-refractivity contribution in [1.82, 2.24) is 0 Å². The first kappa shape index (κ1) is 5.50. The van der Waals surface area contributed by atoms with E-state index in [1.165, 1.54) is 0 Å². The summed E-state index contributed by atoms with van der Waals surface area (Å²) in [4.78, 5) is 0. The number of hydrogen-bond acceptors (Lipinski definition) is 2. The molecule has 6 heavy (non-hydrogen) atoms. The molecular formula is C4H9NO. The quantitative estimate of drug-likeness (QED) is 0.479. The van der Waals surface area contributed by atoms with E-state index in [4.69, 9.17) is 10.8 Å². The van der Waals surface area contributed by atoms with Crippen molar-refractivity contribution in [3.8, 4) is 0 Å². The normalized spacial score (nSPS) is 10.2. The van der Waals surface area contributed by atoms with Crippen LogP contribution in [0.5, 0.6) is 0 Å². The third-order valence-corrected chi connectivity index (χ3v) is 0.439. The third-order valence-electron chi connectivity index (χ3n) is 0.439. The second-order valence-corrected chi connectivity index (χ2v) is 0.962. The minimum atomic E-state index is 0.608. The molecule has 0 amide bonds. The second-order valence-electron chi connectivity index (χ2n) is 0.962. The average Bonchev–Trinajstić information content (AvgIpc) is 1.61. The maximum absolute atomic E-state index is 7.96. The summed E-state index contributed by atoms with van der Waals surface area (Å²) in [7, 11) is 0. The number of aliphatic hydroxyl groups is 1. The van der Waals surface area contributed by atoms with Gasteiger partial charge in [-0.2, -0.15) is 0 Å². The summed E-state index contributed by atoms with van der Waals surface area (Å²) >= 11 is 0. The Morgan fingerprint density at radius 2 is 2.33 bits per heavy atom. The van der Waals surface area contributed by atoms with Gasteiger partial charge in [0.15, 0.2) is 0 Å². The summed E-state index contributed by atoms with van der Waals surface area (Å²) in [6.45, 7) is 0.608. The molecule has 3 N–H and O–H groups in total. The molecule has 0 heterocycles. The van der Waals surface area contributed by atoms with Crippen molar-refractivity contribution in [3.05, 3.63) is 12.3 Å². The lowest BCUT2D eigenvalue weighted by Crippen LogP contribution is -1.94. The van der Waals surface area contributed by atoms with Crippen molar-refractivity contribution in [2.75, 3.05) is 6.54 Å². The number of nitrogens with two attached hydrogens (primary N) is 1. The fourth-order valence-corrected chi connectivity index (χ4v) is 0.171. The summed E-state index contributed by atoms with van der Waals surface area (Å²) in [5.74, 6) is 0. The zero-order valence-electron chi connectivity index (χ0n) is 3.59. The first-order valence-corrected chi connectivity index (χ1v) is 1.91. The number of aliphatic hydroxyl groups excluding tert-OH is 1. The average molecular weight is 87.1 g/mol. The zero-order valence-corrected chi connectivity index (χ0v) is 3.59. The molecular weight excluding hydrogens is 78.0 g/mol. The van der Waals surface area contributed by atoms with Crippen molar-refractivity contribution >= 4 is 0 Å². The van der Waals surface area contributed by atoms with E-state index in [9.17, 15) is 0 Å². The fourth-order valence-electron chi connectivity index (χ4n) is 0.171. The van der Waals surface area contributed by atoms with Crippen molar-refractivity contribution < 1.29 is 5.11 Å². The van der Waals surface area contributed by atoms with Crippen LogP contribution >= 0.6 is 0 Å². The molecule has 0 saturated heterocycles. The zero-order chi connectivity index (χ0) is 4.83. The van der Waals surface area contributed by atoms with Crippen LogP contribution in [0.15, 0.2) is 12.3 Å². The first-order chi connectivity index (χ1) is 2.91.